The number of carbonyl (C=O) groups is 1. The molecular weight excluding hydrogens is 302 g/mol. The zero-order valence-corrected chi connectivity index (χ0v) is 12.9. The van der Waals surface area contributed by atoms with Crippen molar-refractivity contribution < 1.29 is 14.3 Å². The average Bonchev–Trinajstić information content (AvgIpc) is 2.95. The molecule has 0 saturated carbocycles. The molecular formula is C15H14N3O3S-. The summed E-state index contributed by atoms with van der Waals surface area (Å²) in [5.41, 5.74) is 4.31. The molecule has 0 radical (unpaired) electrons. The van der Waals surface area contributed by atoms with E-state index in [2.05, 4.69) is 15.8 Å². The van der Waals surface area contributed by atoms with Crippen LogP contribution in [-0.4, -0.2) is 24.3 Å². The summed E-state index contributed by atoms with van der Waals surface area (Å²) in [7, 11) is 1.68. The van der Waals surface area contributed by atoms with Gasteiger partial charge in [-0.25, -0.2) is 0 Å². The number of carboxylic acids is 1. The van der Waals surface area contributed by atoms with Gasteiger partial charge in [-0.1, -0.05) is 12.1 Å². The first kappa shape index (κ1) is 15.7. The van der Waals surface area contributed by atoms with E-state index >= 15 is 0 Å². The molecule has 114 valence electrons. The average molecular weight is 316 g/mol. The monoisotopic (exact) mass is 316 g/mol. The Morgan fingerprint density at radius 1 is 1.36 bits per heavy atom. The Morgan fingerprint density at radius 2 is 2.14 bits per heavy atom. The highest BCUT2D eigenvalue weighted by molar-refractivity contribution is 7.80. The van der Waals surface area contributed by atoms with Crippen LogP contribution >= 0.6 is 12.2 Å². The van der Waals surface area contributed by atoms with Crippen molar-refractivity contribution in [3.05, 3.63) is 47.2 Å². The van der Waals surface area contributed by atoms with Gasteiger partial charge >= 0.3 is 0 Å². The van der Waals surface area contributed by atoms with E-state index in [1.54, 1.807) is 25.2 Å². The summed E-state index contributed by atoms with van der Waals surface area (Å²) in [4.78, 5) is 10.9. The van der Waals surface area contributed by atoms with Crippen LogP contribution in [0.1, 0.15) is 21.7 Å². The van der Waals surface area contributed by atoms with Crippen LogP contribution in [0, 0.1) is 6.92 Å². The van der Waals surface area contributed by atoms with Crippen LogP contribution in [0.3, 0.4) is 0 Å². The first-order valence-electron chi connectivity index (χ1n) is 6.44. The Bertz CT molecular complexity index is 737. The number of hydrazone groups is 1. The third kappa shape index (κ3) is 3.70. The number of aryl methyl sites for hydroxylation is 1. The fourth-order valence-corrected chi connectivity index (χ4v) is 1.84. The zero-order valence-electron chi connectivity index (χ0n) is 12.0. The van der Waals surface area contributed by atoms with Gasteiger partial charge in [0.1, 0.15) is 11.5 Å². The lowest BCUT2D eigenvalue weighted by atomic mass is 10.0. The zero-order chi connectivity index (χ0) is 16.1. The van der Waals surface area contributed by atoms with Gasteiger partial charge in [0.15, 0.2) is 5.11 Å². The van der Waals surface area contributed by atoms with E-state index in [0.717, 1.165) is 5.56 Å². The maximum Gasteiger partial charge on any atom is 0.186 e. The van der Waals surface area contributed by atoms with Crippen molar-refractivity contribution in [1.29, 1.82) is 0 Å². The molecule has 0 aliphatic rings. The lowest BCUT2D eigenvalue weighted by Gasteiger charge is -2.07. The second-order valence-corrected chi connectivity index (χ2v) is 4.88. The quantitative estimate of drug-likeness (QED) is 0.498. The SMILES string of the molecule is CNC(=S)N/N=C/c1ccc(-c2cc(C(=O)[O-])ccc2C)o1. The summed E-state index contributed by atoms with van der Waals surface area (Å²) in [5, 5.41) is 18.0. The van der Waals surface area contributed by atoms with Gasteiger partial charge in [-0.3, -0.25) is 5.43 Å². The van der Waals surface area contributed by atoms with E-state index in [1.165, 1.54) is 18.3 Å². The van der Waals surface area contributed by atoms with Crippen LogP contribution in [0.4, 0.5) is 0 Å². The topological polar surface area (TPSA) is 89.7 Å². The van der Waals surface area contributed by atoms with Crippen molar-refractivity contribution in [2.24, 2.45) is 5.10 Å². The molecule has 1 aromatic carbocycles. The molecule has 7 heteroatoms. The predicted molar refractivity (Wildman–Crippen MR) is 85.6 cm³/mol. The maximum atomic E-state index is 10.9. The molecule has 0 atom stereocenters. The molecule has 22 heavy (non-hydrogen) atoms. The number of nitrogens with one attached hydrogen (secondary N) is 2. The van der Waals surface area contributed by atoms with Crippen LogP contribution in [0.5, 0.6) is 0 Å². The largest absolute Gasteiger partial charge is 0.545 e. The van der Waals surface area contributed by atoms with Crippen LogP contribution in [0.2, 0.25) is 0 Å². The molecule has 2 rings (SSSR count). The minimum Gasteiger partial charge on any atom is -0.545 e. The van der Waals surface area contributed by atoms with Crippen LogP contribution in [0.25, 0.3) is 11.3 Å². The maximum absolute atomic E-state index is 10.9. The number of benzene rings is 1. The number of aromatic carboxylic acids is 1. The fourth-order valence-electron chi connectivity index (χ4n) is 1.79. The normalized spacial score (nSPS) is 10.6. The number of furan rings is 1. The third-order valence-electron chi connectivity index (χ3n) is 2.95. The second-order valence-electron chi connectivity index (χ2n) is 4.47. The Balaban J connectivity index is 2.23. The molecule has 0 spiro atoms. The van der Waals surface area contributed by atoms with Gasteiger partial charge < -0.3 is 19.6 Å². The Kier molecular flexibility index (Phi) is 4.90. The number of rotatable bonds is 4. The standard InChI is InChI=1S/C15H15N3O3S/c1-9-3-4-10(14(19)20)7-12(9)13-6-5-11(21-13)8-17-18-15(22)16-2/h3-8H,1-2H3,(H,19,20)(H2,16,18,22)/p-1/b17-8+. The number of thiocarbonyl (C=S) groups is 1. The number of carboxylic acid groups (broad SMARTS) is 1. The van der Waals surface area contributed by atoms with Gasteiger partial charge in [-0.15, -0.1) is 0 Å². The van der Waals surface area contributed by atoms with E-state index in [4.69, 9.17) is 16.6 Å². The van der Waals surface area contributed by atoms with E-state index in [1.807, 2.05) is 6.92 Å². The molecule has 0 fully saturated rings. The molecule has 0 bridgehead atoms. The minimum atomic E-state index is -1.22. The van der Waals surface area contributed by atoms with Crippen LogP contribution in [-0.2, 0) is 0 Å². The fraction of sp³-hybridized carbons (Fsp3) is 0.133. The summed E-state index contributed by atoms with van der Waals surface area (Å²) < 4.78 is 5.63. The van der Waals surface area contributed by atoms with Gasteiger partial charge in [-0.05, 0) is 48.5 Å². The summed E-state index contributed by atoms with van der Waals surface area (Å²) in [6.45, 7) is 1.87. The number of carbonyl (C=O) groups excluding carboxylic acids is 1. The van der Waals surface area contributed by atoms with E-state index in [9.17, 15) is 9.90 Å². The molecule has 6 nitrogen and oxygen atoms in total. The second kappa shape index (κ2) is 6.86. The minimum absolute atomic E-state index is 0.105. The highest BCUT2D eigenvalue weighted by Crippen LogP contribution is 2.26. The predicted octanol–water partition coefficient (Wildman–Crippen LogP) is 1.05. The molecule has 0 aliphatic heterocycles. The molecule has 0 unspecified atom stereocenters. The number of nitrogens with zero attached hydrogens (tertiary/aromatic N) is 1. The van der Waals surface area contributed by atoms with Gasteiger partial charge in [0, 0.05) is 12.6 Å². The molecule has 0 saturated heterocycles. The van der Waals surface area contributed by atoms with E-state index in [0.29, 0.717) is 22.2 Å². The lowest BCUT2D eigenvalue weighted by molar-refractivity contribution is -0.255. The van der Waals surface area contributed by atoms with E-state index < -0.39 is 5.97 Å². The molecule has 2 N–H and O–H groups in total. The molecule has 1 aromatic heterocycles. The Labute approximate surface area is 132 Å². The van der Waals surface area contributed by atoms with Crippen molar-refractivity contribution >= 4 is 29.5 Å². The van der Waals surface area contributed by atoms with Crippen LogP contribution in [0.15, 0.2) is 39.9 Å². The molecule has 1 heterocycles. The highest BCUT2D eigenvalue weighted by Gasteiger charge is 2.08. The van der Waals surface area contributed by atoms with Crippen molar-refractivity contribution in [3.8, 4) is 11.3 Å². The Hall–Kier alpha value is -2.67. The molecule has 2 aromatic rings. The van der Waals surface area contributed by atoms with Gasteiger partial charge in [-0.2, -0.15) is 5.10 Å². The summed E-state index contributed by atoms with van der Waals surface area (Å²) in [5.74, 6) is -0.155. The number of hydrogen-bond donors (Lipinski definition) is 2. The first-order chi connectivity index (χ1) is 10.5. The summed E-state index contributed by atoms with van der Waals surface area (Å²) in [6.07, 6.45) is 1.48. The van der Waals surface area contributed by atoms with Crippen molar-refractivity contribution in [2.45, 2.75) is 6.92 Å². The van der Waals surface area contributed by atoms with Crippen molar-refractivity contribution in [1.82, 2.24) is 10.7 Å². The summed E-state index contributed by atoms with van der Waals surface area (Å²) in [6, 6.07) is 8.22. The first-order valence-corrected chi connectivity index (χ1v) is 6.85. The van der Waals surface area contributed by atoms with Gasteiger partial charge in [0.05, 0.1) is 12.2 Å². The highest BCUT2D eigenvalue weighted by atomic mass is 32.1. The van der Waals surface area contributed by atoms with Crippen molar-refractivity contribution in [3.63, 3.8) is 0 Å². The number of hydrogen-bond acceptors (Lipinski definition) is 5. The molecule has 0 amide bonds. The molecule has 0 aliphatic carbocycles. The smallest absolute Gasteiger partial charge is 0.186 e. The van der Waals surface area contributed by atoms with Crippen LogP contribution < -0.4 is 15.8 Å². The van der Waals surface area contributed by atoms with E-state index in [-0.39, 0.29) is 5.56 Å². The Morgan fingerprint density at radius 3 is 2.82 bits per heavy atom. The van der Waals surface area contributed by atoms with Crippen molar-refractivity contribution in [2.75, 3.05) is 7.05 Å². The van der Waals surface area contributed by atoms with Gasteiger partial charge in [0.2, 0.25) is 0 Å². The third-order valence-corrected chi connectivity index (χ3v) is 3.25. The lowest BCUT2D eigenvalue weighted by Crippen LogP contribution is -2.28. The van der Waals surface area contributed by atoms with Gasteiger partial charge in [0.25, 0.3) is 0 Å². The summed E-state index contributed by atoms with van der Waals surface area (Å²) >= 11 is 4.88.